The Balaban J connectivity index is 1.71. The topological polar surface area (TPSA) is 74.2 Å². The quantitative estimate of drug-likeness (QED) is 0.736. The van der Waals surface area contributed by atoms with Crippen LogP contribution in [-0.2, 0) is 6.61 Å². The van der Waals surface area contributed by atoms with Gasteiger partial charge in [-0.3, -0.25) is 0 Å². The fourth-order valence-corrected chi connectivity index (χ4v) is 1.76. The Kier molecular flexibility index (Phi) is 3.33. The number of anilines is 1. The molecule has 5 nitrogen and oxygen atoms in total. The van der Waals surface area contributed by atoms with Crippen LogP contribution in [0.2, 0.25) is 0 Å². The van der Waals surface area contributed by atoms with Crippen molar-refractivity contribution in [2.24, 2.45) is 0 Å². The van der Waals surface area contributed by atoms with Crippen LogP contribution in [0.4, 0.5) is 5.69 Å². The number of hydrogen-bond donors (Lipinski definition) is 1. The number of aromatic nitrogens is 2. The van der Waals surface area contributed by atoms with Crippen molar-refractivity contribution in [3.05, 3.63) is 60.5 Å². The first-order valence-corrected chi connectivity index (χ1v) is 6.18. The van der Waals surface area contributed by atoms with Crippen LogP contribution in [0.3, 0.4) is 0 Å². The van der Waals surface area contributed by atoms with E-state index in [9.17, 15) is 0 Å². The number of ether oxygens (including phenoxy) is 1. The summed E-state index contributed by atoms with van der Waals surface area (Å²) in [7, 11) is 0. The first kappa shape index (κ1) is 12.2. The molecule has 0 aliphatic rings. The Labute approximate surface area is 116 Å². The van der Waals surface area contributed by atoms with E-state index in [0.29, 0.717) is 23.2 Å². The average Bonchev–Trinajstić information content (AvgIpc) is 2.96. The van der Waals surface area contributed by atoms with E-state index in [4.69, 9.17) is 14.9 Å². The average molecular weight is 267 g/mol. The van der Waals surface area contributed by atoms with E-state index in [0.717, 1.165) is 5.56 Å². The van der Waals surface area contributed by atoms with Gasteiger partial charge in [-0.1, -0.05) is 30.3 Å². The van der Waals surface area contributed by atoms with Crippen molar-refractivity contribution in [3.8, 4) is 17.2 Å². The molecule has 2 aromatic carbocycles. The second kappa shape index (κ2) is 5.44. The zero-order valence-electron chi connectivity index (χ0n) is 10.7. The maximum atomic E-state index is 5.79. The smallest absolute Gasteiger partial charge is 0.254 e. The molecule has 0 saturated heterocycles. The van der Waals surface area contributed by atoms with Crippen molar-refractivity contribution in [1.29, 1.82) is 0 Å². The zero-order chi connectivity index (χ0) is 13.8. The van der Waals surface area contributed by atoms with Gasteiger partial charge in [-0.05, 0) is 24.3 Å². The van der Waals surface area contributed by atoms with Gasteiger partial charge in [-0.15, -0.1) is 10.2 Å². The minimum Gasteiger partial charge on any atom is -0.482 e. The molecule has 0 radical (unpaired) electrons. The van der Waals surface area contributed by atoms with Crippen LogP contribution >= 0.6 is 0 Å². The van der Waals surface area contributed by atoms with Gasteiger partial charge >= 0.3 is 0 Å². The molecule has 0 aliphatic heterocycles. The Bertz CT molecular complexity index is 695. The second-order valence-corrected chi connectivity index (χ2v) is 4.19. The van der Waals surface area contributed by atoms with Gasteiger partial charge in [0.25, 0.3) is 5.89 Å². The molecule has 0 bridgehead atoms. The fraction of sp³-hybridized carbons (Fsp3) is 0.0667. The molecule has 100 valence electrons. The molecule has 1 heterocycles. The summed E-state index contributed by atoms with van der Waals surface area (Å²) in [5, 5.41) is 7.95. The Morgan fingerprint density at radius 3 is 2.50 bits per heavy atom. The van der Waals surface area contributed by atoms with Crippen LogP contribution in [0.15, 0.2) is 59.0 Å². The third-order valence-electron chi connectivity index (χ3n) is 2.76. The molecule has 20 heavy (non-hydrogen) atoms. The number of hydrogen-bond acceptors (Lipinski definition) is 5. The lowest BCUT2D eigenvalue weighted by Gasteiger charge is -2.05. The molecule has 0 unspecified atom stereocenters. The predicted octanol–water partition coefficient (Wildman–Crippen LogP) is 2.90. The Hall–Kier alpha value is -2.82. The number of nitrogens with two attached hydrogens (primary N) is 1. The normalized spacial score (nSPS) is 10.4. The van der Waals surface area contributed by atoms with Crippen LogP contribution in [0.25, 0.3) is 11.5 Å². The molecule has 5 heteroatoms. The van der Waals surface area contributed by atoms with E-state index in [1.165, 1.54) is 0 Å². The molecular weight excluding hydrogens is 254 g/mol. The Morgan fingerprint density at radius 2 is 1.70 bits per heavy atom. The van der Waals surface area contributed by atoms with E-state index in [1.54, 1.807) is 12.1 Å². The molecule has 0 spiro atoms. The van der Waals surface area contributed by atoms with Crippen LogP contribution in [0.1, 0.15) is 5.89 Å². The number of para-hydroxylation sites is 2. The van der Waals surface area contributed by atoms with Crippen LogP contribution in [0, 0.1) is 0 Å². The number of rotatable bonds is 4. The van der Waals surface area contributed by atoms with E-state index < -0.39 is 0 Å². The molecule has 3 rings (SSSR count). The van der Waals surface area contributed by atoms with E-state index in [1.807, 2.05) is 42.5 Å². The highest BCUT2D eigenvalue weighted by atomic mass is 16.5. The van der Waals surface area contributed by atoms with Crippen LogP contribution < -0.4 is 10.5 Å². The van der Waals surface area contributed by atoms with Crippen molar-refractivity contribution < 1.29 is 9.15 Å². The number of nitrogen functional groups attached to an aromatic ring is 1. The maximum absolute atomic E-state index is 5.79. The maximum Gasteiger partial charge on any atom is 0.254 e. The highest BCUT2D eigenvalue weighted by molar-refractivity contribution is 5.52. The first-order valence-electron chi connectivity index (χ1n) is 6.18. The molecule has 0 aliphatic carbocycles. The summed E-state index contributed by atoms with van der Waals surface area (Å²) < 4.78 is 11.1. The molecule has 0 saturated carbocycles. The third-order valence-corrected chi connectivity index (χ3v) is 2.76. The van der Waals surface area contributed by atoms with Gasteiger partial charge in [0.1, 0.15) is 5.75 Å². The lowest BCUT2D eigenvalue weighted by molar-refractivity contribution is 0.266. The van der Waals surface area contributed by atoms with Gasteiger partial charge in [0.05, 0.1) is 5.69 Å². The lowest BCUT2D eigenvalue weighted by Crippen LogP contribution is -1.98. The van der Waals surface area contributed by atoms with Crippen molar-refractivity contribution in [1.82, 2.24) is 10.2 Å². The fourth-order valence-electron chi connectivity index (χ4n) is 1.76. The van der Waals surface area contributed by atoms with Gasteiger partial charge in [0.15, 0.2) is 6.61 Å². The summed E-state index contributed by atoms with van der Waals surface area (Å²) in [4.78, 5) is 0. The lowest BCUT2D eigenvalue weighted by atomic mass is 10.2. The van der Waals surface area contributed by atoms with Gasteiger partial charge < -0.3 is 14.9 Å². The molecule has 0 amide bonds. The van der Waals surface area contributed by atoms with Crippen molar-refractivity contribution in [3.63, 3.8) is 0 Å². The van der Waals surface area contributed by atoms with Crippen LogP contribution in [-0.4, -0.2) is 10.2 Å². The summed E-state index contributed by atoms with van der Waals surface area (Å²) in [6.45, 7) is 0.189. The SMILES string of the molecule is Nc1ccccc1OCc1nnc(-c2ccccc2)o1. The monoisotopic (exact) mass is 267 g/mol. The second-order valence-electron chi connectivity index (χ2n) is 4.19. The molecule has 1 aromatic heterocycles. The molecule has 2 N–H and O–H groups in total. The van der Waals surface area contributed by atoms with Crippen molar-refractivity contribution >= 4 is 5.69 Å². The third kappa shape index (κ3) is 2.61. The zero-order valence-corrected chi connectivity index (χ0v) is 10.7. The highest BCUT2D eigenvalue weighted by Crippen LogP contribution is 2.22. The Morgan fingerprint density at radius 1 is 0.950 bits per heavy atom. The van der Waals surface area contributed by atoms with Crippen molar-refractivity contribution in [2.75, 3.05) is 5.73 Å². The molecule has 0 fully saturated rings. The standard InChI is InChI=1S/C15H13N3O2/c16-12-8-4-5-9-13(12)19-10-14-17-18-15(20-14)11-6-2-1-3-7-11/h1-9H,10,16H2. The van der Waals surface area contributed by atoms with E-state index in [-0.39, 0.29) is 6.61 Å². The number of benzene rings is 2. The minimum atomic E-state index is 0.189. The van der Waals surface area contributed by atoms with E-state index in [2.05, 4.69) is 10.2 Å². The summed E-state index contributed by atoms with van der Waals surface area (Å²) in [6, 6.07) is 16.9. The summed E-state index contributed by atoms with van der Waals surface area (Å²) in [6.07, 6.45) is 0. The largest absolute Gasteiger partial charge is 0.482 e. The van der Waals surface area contributed by atoms with E-state index >= 15 is 0 Å². The van der Waals surface area contributed by atoms with Gasteiger partial charge in [-0.25, -0.2) is 0 Å². The van der Waals surface area contributed by atoms with Gasteiger partial charge in [0, 0.05) is 5.56 Å². The molecule has 3 aromatic rings. The highest BCUT2D eigenvalue weighted by Gasteiger charge is 2.09. The summed E-state index contributed by atoms with van der Waals surface area (Å²) in [5.41, 5.74) is 7.25. The van der Waals surface area contributed by atoms with Gasteiger partial charge in [0.2, 0.25) is 5.89 Å². The molecule has 0 atom stereocenters. The van der Waals surface area contributed by atoms with Gasteiger partial charge in [-0.2, -0.15) is 0 Å². The predicted molar refractivity (Wildman–Crippen MR) is 74.9 cm³/mol. The first-order chi connectivity index (χ1) is 9.83. The van der Waals surface area contributed by atoms with Crippen LogP contribution in [0.5, 0.6) is 5.75 Å². The molecular formula is C15H13N3O2. The summed E-state index contributed by atoms with van der Waals surface area (Å²) >= 11 is 0. The summed E-state index contributed by atoms with van der Waals surface area (Å²) in [5.74, 6) is 1.49. The number of nitrogens with zero attached hydrogens (tertiary/aromatic N) is 2. The van der Waals surface area contributed by atoms with Crippen molar-refractivity contribution in [2.45, 2.75) is 6.61 Å². The minimum absolute atomic E-state index is 0.189.